The summed E-state index contributed by atoms with van der Waals surface area (Å²) in [6.07, 6.45) is 11.0. The summed E-state index contributed by atoms with van der Waals surface area (Å²) in [5, 5.41) is 12.8. The van der Waals surface area contributed by atoms with Gasteiger partial charge in [-0.05, 0) is 92.1 Å². The highest BCUT2D eigenvalue weighted by Gasteiger charge is 2.46. The molecule has 7 heterocycles. The number of ether oxygens (including phenoxy) is 1. The largest absolute Gasteiger partial charge is 0.491 e. The van der Waals surface area contributed by atoms with E-state index in [1.54, 1.807) is 30.7 Å². The summed E-state index contributed by atoms with van der Waals surface area (Å²) in [7, 11) is 1.22. The molecule has 4 aromatic heterocycles. The average molecular weight is 975 g/mol. The topological polar surface area (TPSA) is 201 Å². The van der Waals surface area contributed by atoms with E-state index in [1.807, 2.05) is 47.2 Å². The lowest BCUT2D eigenvalue weighted by Gasteiger charge is -2.44. The Bertz CT molecular complexity index is 3150. The zero-order chi connectivity index (χ0) is 49.8. The summed E-state index contributed by atoms with van der Waals surface area (Å²) in [6, 6.07) is 24.5. The van der Waals surface area contributed by atoms with Crippen molar-refractivity contribution in [3.63, 3.8) is 0 Å². The number of carbonyl (C=O) groups is 4. The molecule has 17 nitrogen and oxygen atoms in total. The Morgan fingerprint density at radius 3 is 2.43 bits per heavy atom. The Kier molecular flexibility index (Phi) is 13.6. The minimum atomic E-state index is -1.03. The number of pyridine rings is 2. The van der Waals surface area contributed by atoms with Crippen LogP contribution in [0, 0.1) is 11.6 Å². The molecule has 0 radical (unpaired) electrons. The highest BCUT2D eigenvalue weighted by molar-refractivity contribution is 6.25. The van der Waals surface area contributed by atoms with Gasteiger partial charge in [-0.3, -0.25) is 39.4 Å². The summed E-state index contributed by atoms with van der Waals surface area (Å²) < 4.78 is 37.1. The molecule has 3 aliphatic rings. The molecule has 19 heteroatoms. The van der Waals surface area contributed by atoms with Gasteiger partial charge in [-0.1, -0.05) is 42.5 Å². The number of imidazole rings is 1. The predicted molar refractivity (Wildman–Crippen MR) is 265 cm³/mol. The van der Waals surface area contributed by atoms with Crippen LogP contribution in [-0.4, -0.2) is 97.3 Å². The van der Waals surface area contributed by atoms with Crippen molar-refractivity contribution in [1.82, 2.24) is 45.0 Å². The minimum Gasteiger partial charge on any atom is -0.491 e. The number of piperidine rings is 2. The Balaban J connectivity index is 0.835. The van der Waals surface area contributed by atoms with Gasteiger partial charge in [0, 0.05) is 56.6 Å². The number of rotatable bonds is 18. The van der Waals surface area contributed by atoms with Gasteiger partial charge < -0.3 is 30.2 Å². The van der Waals surface area contributed by atoms with Crippen LogP contribution in [0.3, 0.4) is 0 Å². The number of hydrogen-bond acceptors (Lipinski definition) is 14. The van der Waals surface area contributed by atoms with Gasteiger partial charge in [-0.25, -0.2) is 23.7 Å². The van der Waals surface area contributed by atoms with Crippen molar-refractivity contribution in [1.29, 1.82) is 0 Å². The number of fused-ring (bicyclic) bond motifs is 2. The van der Waals surface area contributed by atoms with E-state index in [-0.39, 0.29) is 29.5 Å². The third-order valence-corrected chi connectivity index (χ3v) is 13.6. The highest BCUT2D eigenvalue weighted by Crippen LogP contribution is 2.38. The molecular weight excluding hydrogens is 923 g/mol. The maximum atomic E-state index is 15.1. The molecule has 0 saturated carbocycles. The van der Waals surface area contributed by atoms with Gasteiger partial charge in [0.2, 0.25) is 11.8 Å². The molecule has 1 unspecified atom stereocenters. The third-order valence-electron chi connectivity index (χ3n) is 13.6. The fourth-order valence-electron chi connectivity index (χ4n) is 10.0. The van der Waals surface area contributed by atoms with E-state index >= 15 is 8.78 Å². The number of halogens is 2. The number of aromatic nitrogens is 6. The monoisotopic (exact) mass is 974 g/mol. The Hall–Kier alpha value is -8.19. The number of anilines is 3. The highest BCUT2D eigenvalue weighted by atomic mass is 19.1. The number of nitrogens with one attached hydrogen (secondary N) is 4. The summed E-state index contributed by atoms with van der Waals surface area (Å²) in [5.74, 6) is -3.73. The third kappa shape index (κ3) is 9.54. The lowest BCUT2D eigenvalue weighted by atomic mass is 9.84. The van der Waals surface area contributed by atoms with Crippen LogP contribution in [-0.2, 0) is 28.2 Å². The number of benzene rings is 3. The molecule has 4 N–H and O–H groups in total. The number of unbranched alkanes of at least 4 members (excludes halogenated alkanes) is 2. The van der Waals surface area contributed by atoms with Gasteiger partial charge in [0.25, 0.3) is 11.8 Å². The zero-order valence-electron chi connectivity index (χ0n) is 39.5. The predicted octanol–water partition coefficient (Wildman–Crippen LogP) is 7.00. The molecule has 2 saturated heterocycles. The Morgan fingerprint density at radius 2 is 1.65 bits per heavy atom. The molecule has 4 amide bonds. The average Bonchev–Trinajstić information content (AvgIpc) is 3.92. The van der Waals surface area contributed by atoms with Gasteiger partial charge in [0.05, 0.1) is 59.9 Å². The smallest absolute Gasteiger partial charge is 0.264 e. The second-order valence-corrected chi connectivity index (χ2v) is 18.2. The van der Waals surface area contributed by atoms with Crippen molar-refractivity contribution < 1.29 is 32.7 Å². The lowest BCUT2D eigenvalue weighted by molar-refractivity contribution is -0.136. The number of hydrogen-bond donors (Lipinski definition) is 4. The molecule has 7 aromatic rings. The lowest BCUT2D eigenvalue weighted by Crippen LogP contribution is -2.55. The molecule has 72 heavy (non-hydrogen) atoms. The van der Waals surface area contributed by atoms with Crippen LogP contribution in [0.15, 0.2) is 110 Å². The van der Waals surface area contributed by atoms with E-state index in [2.05, 4.69) is 54.3 Å². The van der Waals surface area contributed by atoms with E-state index < -0.39 is 52.6 Å². The number of imide groups is 2. The number of nitrogens with zero attached hydrogens (tertiary/aromatic N) is 8. The van der Waals surface area contributed by atoms with E-state index in [1.165, 1.54) is 25.6 Å². The molecule has 0 spiro atoms. The number of amides is 4. The van der Waals surface area contributed by atoms with Crippen LogP contribution in [0.4, 0.5) is 26.0 Å². The molecule has 368 valence electrons. The van der Waals surface area contributed by atoms with Crippen LogP contribution in [0.2, 0.25) is 0 Å². The maximum Gasteiger partial charge on any atom is 0.264 e. The molecule has 0 bridgehead atoms. The summed E-state index contributed by atoms with van der Waals surface area (Å²) in [5.41, 5.74) is 6.05. The first-order valence-electron chi connectivity index (χ1n) is 24.1. The first kappa shape index (κ1) is 47.5. The number of carbonyl (C=O) groups excluding carboxylic acids is 4. The summed E-state index contributed by atoms with van der Waals surface area (Å²) in [6.45, 7) is 3.37. The van der Waals surface area contributed by atoms with E-state index in [0.29, 0.717) is 61.1 Å². The van der Waals surface area contributed by atoms with Crippen molar-refractivity contribution in [2.75, 3.05) is 48.8 Å². The standard InChI is InChI=1S/C53H52F2N12O5/c1-72-47-37(54)24-34(25-38(47)55)40-26-35(42(28-59-40)65-23-11-19-53(30-65,43-16-6-9-21-57-43)63-27-33-12-4-2-5-13-33)29-66-32-62-46-48(60-31-61-49(46)66)58-22-8-3-7-20-56-39-15-10-14-36-45(39)52(71)67(51(36)70)41-17-18-44(68)64-50(41)69/h2,4-6,9-10,12-16,21,24-26,28,31-32,41,56,63H,3,7-8,11,17-20,22-23,27,29-30H2,1H3,(H,58,60,61)(H,64,68,69)/t41?,53-/m0/s1. The summed E-state index contributed by atoms with van der Waals surface area (Å²) in [4.78, 5) is 77.9. The fourth-order valence-corrected chi connectivity index (χ4v) is 10.0. The van der Waals surface area contributed by atoms with Crippen molar-refractivity contribution in [3.8, 4) is 17.0 Å². The van der Waals surface area contributed by atoms with E-state index in [9.17, 15) is 19.2 Å². The molecule has 0 aliphatic carbocycles. The zero-order valence-corrected chi connectivity index (χ0v) is 39.5. The molecule has 2 fully saturated rings. The van der Waals surface area contributed by atoms with Crippen molar-refractivity contribution in [2.45, 2.75) is 69.6 Å². The quantitative estimate of drug-likeness (QED) is 0.0506. The normalized spacial score (nSPS) is 17.8. The minimum absolute atomic E-state index is 0.0501. The van der Waals surface area contributed by atoms with Crippen molar-refractivity contribution in [3.05, 3.63) is 150 Å². The molecule has 2 atom stereocenters. The van der Waals surface area contributed by atoms with Gasteiger partial charge in [-0.2, -0.15) is 0 Å². The van der Waals surface area contributed by atoms with Crippen LogP contribution in [0.1, 0.15) is 82.5 Å². The van der Waals surface area contributed by atoms with Gasteiger partial charge in [0.15, 0.2) is 28.8 Å². The number of methoxy groups -OCH3 is 1. The summed E-state index contributed by atoms with van der Waals surface area (Å²) >= 11 is 0. The first-order valence-corrected chi connectivity index (χ1v) is 24.1. The second-order valence-electron chi connectivity index (χ2n) is 18.2. The Labute approximate surface area is 413 Å². The van der Waals surface area contributed by atoms with Crippen LogP contribution in [0.25, 0.3) is 22.4 Å². The van der Waals surface area contributed by atoms with Gasteiger partial charge >= 0.3 is 0 Å². The van der Waals surface area contributed by atoms with Crippen molar-refractivity contribution in [2.24, 2.45) is 0 Å². The van der Waals surface area contributed by atoms with Crippen molar-refractivity contribution >= 4 is 52.0 Å². The molecule has 3 aliphatic heterocycles. The van der Waals surface area contributed by atoms with E-state index in [4.69, 9.17) is 19.7 Å². The molecule has 10 rings (SSSR count). The Morgan fingerprint density at radius 1 is 0.847 bits per heavy atom. The van der Waals surface area contributed by atoms with E-state index in [0.717, 1.165) is 66.1 Å². The first-order chi connectivity index (χ1) is 35.1. The second kappa shape index (κ2) is 20.6. The van der Waals surface area contributed by atoms with Gasteiger partial charge in [0.1, 0.15) is 17.9 Å². The molecular formula is C53H52F2N12O5. The van der Waals surface area contributed by atoms with Crippen LogP contribution < -0.4 is 30.9 Å². The van der Waals surface area contributed by atoms with Crippen LogP contribution >= 0.6 is 0 Å². The molecule has 3 aromatic carbocycles. The fraction of sp³-hybridized carbons (Fsp3) is 0.302. The van der Waals surface area contributed by atoms with Crippen LogP contribution in [0.5, 0.6) is 5.75 Å². The van der Waals surface area contributed by atoms with Gasteiger partial charge in [-0.15, -0.1) is 0 Å². The maximum absolute atomic E-state index is 15.1. The SMILES string of the molecule is COc1c(F)cc(-c2cc(Cn3cnc4c(NCCCCCNc5cccc6c5C(=O)N(C5CCC(=O)NC5=O)C6=O)ncnc43)c(N3CCC[C@@](NCc4ccccc4)(c4ccccn4)C3)cn2)cc1F.